The summed E-state index contributed by atoms with van der Waals surface area (Å²) in [5.74, 6) is -0.180. The number of rotatable bonds is 3. The number of alkyl halides is 3. The smallest absolute Gasteiger partial charge is 0.346 e. The summed E-state index contributed by atoms with van der Waals surface area (Å²) in [7, 11) is 0. The van der Waals surface area contributed by atoms with Crippen LogP contribution in [-0.2, 0) is 0 Å². The molecule has 0 spiro atoms. The molecule has 5 rings (SSSR count). The zero-order chi connectivity index (χ0) is 20.0. The van der Waals surface area contributed by atoms with Gasteiger partial charge in [-0.15, -0.1) is 5.10 Å². The fraction of sp³-hybridized carbons (Fsp3) is 0.650. The third-order valence-corrected chi connectivity index (χ3v) is 6.80. The topological polar surface area (TPSA) is 62.1 Å². The van der Waals surface area contributed by atoms with E-state index in [9.17, 15) is 13.2 Å². The van der Waals surface area contributed by atoms with Crippen molar-refractivity contribution in [3.63, 3.8) is 0 Å². The molecule has 1 saturated carbocycles. The minimum absolute atomic E-state index is 0.242. The first kappa shape index (κ1) is 18.8. The van der Waals surface area contributed by atoms with Crippen LogP contribution in [0.15, 0.2) is 18.6 Å². The van der Waals surface area contributed by atoms with Gasteiger partial charge >= 0.3 is 6.18 Å². The van der Waals surface area contributed by atoms with Gasteiger partial charge in [-0.25, -0.2) is 9.50 Å². The summed E-state index contributed by atoms with van der Waals surface area (Å²) in [6.45, 7) is 2.06. The van der Waals surface area contributed by atoms with Gasteiger partial charge in [0.05, 0.1) is 11.6 Å². The second-order valence-corrected chi connectivity index (χ2v) is 8.59. The average Bonchev–Trinajstić information content (AvgIpc) is 3.34. The van der Waals surface area contributed by atoms with Crippen LogP contribution in [0.4, 0.5) is 13.2 Å². The summed E-state index contributed by atoms with van der Waals surface area (Å²) < 4.78 is 40.3. The number of hydrogen-bond acceptors (Lipinski definition) is 4. The Bertz CT molecular complexity index is 977. The Hall–Kier alpha value is -2.16. The first-order valence-electron chi connectivity index (χ1n) is 10.4. The minimum Gasteiger partial charge on any atom is -0.346 e. The molecule has 1 N–H and O–H groups in total. The molecule has 1 aliphatic heterocycles. The molecule has 1 saturated heterocycles. The van der Waals surface area contributed by atoms with Gasteiger partial charge in [-0.3, -0.25) is 0 Å². The summed E-state index contributed by atoms with van der Waals surface area (Å²) in [6, 6.07) is 2.01. The van der Waals surface area contributed by atoms with Crippen molar-refractivity contribution in [2.24, 2.45) is 11.8 Å². The van der Waals surface area contributed by atoms with E-state index < -0.39 is 12.1 Å². The van der Waals surface area contributed by atoms with E-state index in [1.54, 1.807) is 10.8 Å². The van der Waals surface area contributed by atoms with Crippen molar-refractivity contribution in [3.05, 3.63) is 24.3 Å². The van der Waals surface area contributed by atoms with E-state index in [1.165, 1.54) is 0 Å². The molecule has 0 atom stereocenters. The maximum Gasteiger partial charge on any atom is 0.391 e. The van der Waals surface area contributed by atoms with Crippen molar-refractivity contribution in [1.29, 1.82) is 0 Å². The molecule has 0 amide bonds. The predicted octanol–water partition coefficient (Wildman–Crippen LogP) is 4.15. The lowest BCUT2D eigenvalue weighted by Gasteiger charge is -2.36. The predicted molar refractivity (Wildman–Crippen MR) is 103 cm³/mol. The molecule has 9 heteroatoms. The van der Waals surface area contributed by atoms with Crippen LogP contribution in [0, 0.1) is 11.8 Å². The molecule has 1 aliphatic carbocycles. The highest BCUT2D eigenvalue weighted by Crippen LogP contribution is 2.39. The first-order valence-corrected chi connectivity index (χ1v) is 10.4. The van der Waals surface area contributed by atoms with Gasteiger partial charge in [-0.2, -0.15) is 13.2 Å². The van der Waals surface area contributed by atoms with E-state index in [0.717, 1.165) is 54.5 Å². The number of likely N-dealkylation sites (tertiary alicyclic amines) is 1. The van der Waals surface area contributed by atoms with Gasteiger partial charge in [0.15, 0.2) is 0 Å². The van der Waals surface area contributed by atoms with Crippen LogP contribution in [0.1, 0.15) is 50.1 Å². The van der Waals surface area contributed by atoms with Gasteiger partial charge in [0.1, 0.15) is 17.5 Å². The van der Waals surface area contributed by atoms with Gasteiger partial charge < -0.3 is 9.88 Å². The molecule has 0 aromatic carbocycles. The van der Waals surface area contributed by atoms with Gasteiger partial charge in [0.25, 0.3) is 0 Å². The summed E-state index contributed by atoms with van der Waals surface area (Å²) in [5.41, 5.74) is 2.92. The largest absolute Gasteiger partial charge is 0.391 e. The summed E-state index contributed by atoms with van der Waals surface area (Å²) in [4.78, 5) is 9.73. The zero-order valence-corrected chi connectivity index (χ0v) is 16.2. The molecule has 6 nitrogen and oxygen atoms in total. The van der Waals surface area contributed by atoms with E-state index in [2.05, 4.69) is 25.2 Å². The van der Waals surface area contributed by atoms with Gasteiger partial charge in [-0.1, -0.05) is 5.21 Å². The Balaban J connectivity index is 1.21. The number of hydrogen-bond donors (Lipinski definition) is 1. The van der Waals surface area contributed by atoms with E-state index in [0.29, 0.717) is 24.9 Å². The molecule has 4 heterocycles. The molecule has 0 unspecified atom stereocenters. The third-order valence-electron chi connectivity index (χ3n) is 6.80. The second kappa shape index (κ2) is 7.27. The fourth-order valence-corrected chi connectivity index (χ4v) is 5.12. The summed E-state index contributed by atoms with van der Waals surface area (Å²) in [6.07, 6.45) is 4.30. The number of aromatic nitrogens is 5. The van der Waals surface area contributed by atoms with Gasteiger partial charge in [0, 0.05) is 24.0 Å². The Morgan fingerprint density at radius 2 is 1.83 bits per heavy atom. The van der Waals surface area contributed by atoms with Crippen molar-refractivity contribution in [2.45, 2.75) is 50.6 Å². The number of halogens is 3. The zero-order valence-electron chi connectivity index (χ0n) is 16.2. The monoisotopic (exact) mass is 406 g/mol. The molecule has 2 aliphatic rings. The van der Waals surface area contributed by atoms with E-state index >= 15 is 0 Å². The normalized spacial score (nSPS) is 25.2. The van der Waals surface area contributed by atoms with Crippen molar-refractivity contribution in [1.82, 2.24) is 29.7 Å². The van der Waals surface area contributed by atoms with Crippen LogP contribution in [0.25, 0.3) is 16.6 Å². The minimum atomic E-state index is -4.04. The molecule has 29 heavy (non-hydrogen) atoms. The Kier molecular flexibility index (Phi) is 4.72. The Labute approximate surface area is 166 Å². The van der Waals surface area contributed by atoms with Crippen LogP contribution in [0.5, 0.6) is 0 Å². The highest BCUT2D eigenvalue weighted by Gasteiger charge is 2.41. The molecule has 3 aromatic rings. The Morgan fingerprint density at radius 1 is 1.07 bits per heavy atom. The third kappa shape index (κ3) is 3.60. The summed E-state index contributed by atoms with van der Waals surface area (Å²) >= 11 is 0. The molecule has 3 aromatic heterocycles. The van der Waals surface area contributed by atoms with Crippen LogP contribution in [0.2, 0.25) is 0 Å². The van der Waals surface area contributed by atoms with E-state index in [1.807, 2.05) is 12.3 Å². The SMILES string of the molecule is FC(F)(F)C1CCN(CC2CCC(c3nnn4cnc5[nH]ccc5c34)CC2)CC1. The highest BCUT2D eigenvalue weighted by atomic mass is 19.4. The lowest BCUT2D eigenvalue weighted by molar-refractivity contribution is -0.185. The quantitative estimate of drug-likeness (QED) is 0.710. The van der Waals surface area contributed by atoms with E-state index in [4.69, 9.17) is 0 Å². The number of fused-ring (bicyclic) bond motifs is 3. The molecule has 0 bridgehead atoms. The van der Waals surface area contributed by atoms with Crippen molar-refractivity contribution >= 4 is 16.6 Å². The van der Waals surface area contributed by atoms with Crippen molar-refractivity contribution in [3.8, 4) is 0 Å². The van der Waals surface area contributed by atoms with E-state index in [-0.39, 0.29) is 12.8 Å². The number of piperidine rings is 1. The molecule has 156 valence electrons. The molecular weight excluding hydrogens is 381 g/mol. The standard InChI is InChI=1S/C20H25F3N6/c21-20(22,23)15-6-9-28(10-7-15)11-13-1-3-14(4-2-13)17-18-16-5-8-24-19(16)25-12-29(18)27-26-17/h5,8,12-15,24H,1-4,6-7,9-11H2. The average molecular weight is 406 g/mol. The van der Waals surface area contributed by atoms with Crippen LogP contribution >= 0.6 is 0 Å². The lowest BCUT2D eigenvalue weighted by Crippen LogP contribution is -2.41. The number of nitrogens with one attached hydrogen (secondary N) is 1. The number of aromatic amines is 1. The number of nitrogens with zero attached hydrogens (tertiary/aromatic N) is 5. The second-order valence-electron chi connectivity index (χ2n) is 8.59. The van der Waals surface area contributed by atoms with Gasteiger partial charge in [-0.05, 0) is 63.6 Å². The number of H-pyrrole nitrogens is 1. The maximum absolute atomic E-state index is 12.9. The molecular formula is C20H25F3N6. The van der Waals surface area contributed by atoms with Crippen LogP contribution in [0.3, 0.4) is 0 Å². The van der Waals surface area contributed by atoms with Crippen LogP contribution in [-0.4, -0.2) is 55.5 Å². The summed E-state index contributed by atoms with van der Waals surface area (Å²) in [5, 5.41) is 9.76. The van der Waals surface area contributed by atoms with Crippen molar-refractivity contribution in [2.75, 3.05) is 19.6 Å². The Morgan fingerprint density at radius 3 is 2.55 bits per heavy atom. The fourth-order valence-electron chi connectivity index (χ4n) is 5.12. The molecule has 2 fully saturated rings. The van der Waals surface area contributed by atoms with Gasteiger partial charge in [0.2, 0.25) is 0 Å². The van der Waals surface area contributed by atoms with Crippen LogP contribution < -0.4 is 0 Å². The molecule has 0 radical (unpaired) electrons. The maximum atomic E-state index is 12.9. The lowest BCUT2D eigenvalue weighted by atomic mass is 9.79. The first-order chi connectivity index (χ1) is 14.0. The highest BCUT2D eigenvalue weighted by molar-refractivity contribution is 5.92. The van der Waals surface area contributed by atoms with Crippen molar-refractivity contribution < 1.29 is 13.2 Å².